The van der Waals surface area contributed by atoms with Crippen molar-refractivity contribution < 1.29 is 31.9 Å². The van der Waals surface area contributed by atoms with Gasteiger partial charge < -0.3 is 23.6 Å². The molecule has 2 aromatic rings. The standard InChI is InChI=1S/C19H18N4O7S/c1-27-12-5-6-13(15(10-12)28-2)17-20-16(30-21-17)11-29-19(24)14-4-3-7-23-8-9-31(25,26)22-18(14)23/h3-7,10H,8-9,11H2,1-2H3. The highest BCUT2D eigenvalue weighted by Gasteiger charge is 2.31. The molecule has 0 aliphatic carbocycles. The normalized spacial score (nSPS) is 16.8. The molecule has 0 spiro atoms. The molecule has 0 saturated heterocycles. The van der Waals surface area contributed by atoms with E-state index in [0.29, 0.717) is 17.1 Å². The minimum Gasteiger partial charge on any atom is -0.497 e. The van der Waals surface area contributed by atoms with Crippen molar-refractivity contribution in [2.75, 3.05) is 26.5 Å². The van der Waals surface area contributed by atoms with Gasteiger partial charge in [-0.2, -0.15) is 4.98 Å². The largest absolute Gasteiger partial charge is 0.497 e. The van der Waals surface area contributed by atoms with Gasteiger partial charge in [0.25, 0.3) is 15.9 Å². The minimum absolute atomic E-state index is 0.0299. The summed E-state index contributed by atoms with van der Waals surface area (Å²) >= 11 is 0. The van der Waals surface area contributed by atoms with Gasteiger partial charge in [-0.25, -0.2) is 13.2 Å². The van der Waals surface area contributed by atoms with Gasteiger partial charge in [0.05, 0.1) is 25.5 Å². The fourth-order valence-electron chi connectivity index (χ4n) is 2.99. The van der Waals surface area contributed by atoms with Gasteiger partial charge in [0, 0.05) is 18.8 Å². The van der Waals surface area contributed by atoms with Gasteiger partial charge in [0.2, 0.25) is 5.82 Å². The average molecular weight is 446 g/mol. The summed E-state index contributed by atoms with van der Waals surface area (Å²) < 4.78 is 48.2. The summed E-state index contributed by atoms with van der Waals surface area (Å²) in [6, 6.07) is 5.12. The number of carbonyl (C=O) groups is 1. The van der Waals surface area contributed by atoms with Crippen molar-refractivity contribution in [3.63, 3.8) is 0 Å². The Hall–Kier alpha value is -3.67. The molecule has 0 N–H and O–H groups in total. The summed E-state index contributed by atoms with van der Waals surface area (Å²) in [6.07, 6.45) is 4.71. The summed E-state index contributed by atoms with van der Waals surface area (Å²) in [5.41, 5.74) is 0.601. The second kappa shape index (κ2) is 8.22. The Labute approximate surface area is 177 Å². The van der Waals surface area contributed by atoms with Crippen LogP contribution in [0.2, 0.25) is 0 Å². The zero-order chi connectivity index (χ0) is 22.0. The highest BCUT2D eigenvalue weighted by Crippen LogP contribution is 2.31. The van der Waals surface area contributed by atoms with E-state index < -0.39 is 16.0 Å². The molecule has 2 aliphatic rings. The lowest BCUT2D eigenvalue weighted by Crippen LogP contribution is -2.40. The third-order valence-electron chi connectivity index (χ3n) is 4.52. The van der Waals surface area contributed by atoms with E-state index >= 15 is 0 Å². The molecular weight excluding hydrogens is 428 g/mol. The number of rotatable bonds is 6. The molecule has 162 valence electrons. The maximum Gasteiger partial charge on any atom is 0.342 e. The number of aromatic nitrogens is 2. The first kappa shape index (κ1) is 20.6. The Kier molecular flexibility index (Phi) is 5.46. The van der Waals surface area contributed by atoms with Gasteiger partial charge in [-0.3, -0.25) is 0 Å². The number of benzene rings is 1. The SMILES string of the molecule is COc1ccc(-c2noc(COC(=O)C3=CC=CN4CCS(=O)(=O)N=C34)n2)c(OC)c1. The molecule has 0 atom stereocenters. The van der Waals surface area contributed by atoms with Gasteiger partial charge in [0.15, 0.2) is 12.4 Å². The monoisotopic (exact) mass is 446 g/mol. The number of nitrogens with zero attached hydrogens (tertiary/aromatic N) is 4. The molecule has 0 amide bonds. The Balaban J connectivity index is 1.48. The second-order valence-corrected chi connectivity index (χ2v) is 8.22. The summed E-state index contributed by atoms with van der Waals surface area (Å²) in [4.78, 5) is 18.3. The minimum atomic E-state index is -3.62. The molecule has 4 rings (SSSR count). The highest BCUT2D eigenvalue weighted by molar-refractivity contribution is 7.90. The fraction of sp³-hybridized carbons (Fsp3) is 0.263. The van der Waals surface area contributed by atoms with Gasteiger partial charge in [-0.05, 0) is 24.3 Å². The van der Waals surface area contributed by atoms with Crippen LogP contribution < -0.4 is 9.47 Å². The number of ether oxygens (including phenoxy) is 3. The number of methoxy groups -OCH3 is 2. The number of esters is 1. The summed E-state index contributed by atoms with van der Waals surface area (Å²) in [6.45, 7) is -0.0929. The van der Waals surface area contributed by atoms with Crippen LogP contribution in [0.5, 0.6) is 11.5 Å². The summed E-state index contributed by atoms with van der Waals surface area (Å²) in [5, 5.41) is 3.89. The number of allylic oxidation sites excluding steroid dienone is 2. The van der Waals surface area contributed by atoms with Crippen molar-refractivity contribution in [1.29, 1.82) is 0 Å². The van der Waals surface area contributed by atoms with Gasteiger partial charge >= 0.3 is 5.97 Å². The molecule has 12 heteroatoms. The lowest BCUT2D eigenvalue weighted by molar-refractivity contribution is -0.140. The van der Waals surface area contributed by atoms with Crippen LogP contribution in [0.25, 0.3) is 11.4 Å². The van der Waals surface area contributed by atoms with Gasteiger partial charge in [-0.1, -0.05) is 5.16 Å². The van der Waals surface area contributed by atoms with E-state index in [1.54, 1.807) is 42.5 Å². The first-order valence-corrected chi connectivity index (χ1v) is 10.7. The molecule has 1 aromatic heterocycles. The van der Waals surface area contributed by atoms with E-state index in [-0.39, 0.29) is 42.0 Å². The average Bonchev–Trinajstić information content (AvgIpc) is 3.24. The molecule has 0 bridgehead atoms. The number of amidine groups is 1. The van der Waals surface area contributed by atoms with Crippen molar-refractivity contribution in [2.45, 2.75) is 6.61 Å². The zero-order valence-corrected chi connectivity index (χ0v) is 17.5. The maximum atomic E-state index is 12.5. The van der Waals surface area contributed by atoms with Crippen molar-refractivity contribution >= 4 is 21.8 Å². The van der Waals surface area contributed by atoms with E-state index in [4.69, 9.17) is 18.7 Å². The Morgan fingerprint density at radius 3 is 2.87 bits per heavy atom. The van der Waals surface area contributed by atoms with Crippen LogP contribution in [-0.2, 0) is 26.2 Å². The Morgan fingerprint density at radius 1 is 1.26 bits per heavy atom. The predicted molar refractivity (Wildman–Crippen MR) is 108 cm³/mol. The number of hydrogen-bond acceptors (Lipinski definition) is 10. The van der Waals surface area contributed by atoms with Gasteiger partial charge in [-0.15, -0.1) is 4.40 Å². The van der Waals surface area contributed by atoms with Gasteiger partial charge in [0.1, 0.15) is 17.1 Å². The van der Waals surface area contributed by atoms with Crippen molar-refractivity contribution in [1.82, 2.24) is 15.0 Å². The summed E-state index contributed by atoms with van der Waals surface area (Å²) in [7, 11) is -0.577. The number of hydrogen-bond donors (Lipinski definition) is 0. The van der Waals surface area contributed by atoms with Crippen LogP contribution in [0, 0.1) is 0 Å². The molecule has 1 aromatic carbocycles. The molecule has 2 aliphatic heterocycles. The highest BCUT2D eigenvalue weighted by atomic mass is 32.2. The lowest BCUT2D eigenvalue weighted by atomic mass is 10.1. The predicted octanol–water partition coefficient (Wildman–Crippen LogP) is 1.29. The molecule has 11 nitrogen and oxygen atoms in total. The van der Waals surface area contributed by atoms with Crippen LogP contribution in [0.15, 0.2) is 51.0 Å². The van der Waals surface area contributed by atoms with Crippen molar-refractivity contribution in [3.05, 3.63) is 48.0 Å². The molecule has 0 unspecified atom stereocenters. The van der Waals surface area contributed by atoms with E-state index in [1.165, 1.54) is 13.2 Å². The molecule has 0 radical (unpaired) electrons. The van der Waals surface area contributed by atoms with E-state index in [9.17, 15) is 13.2 Å². The lowest BCUT2D eigenvalue weighted by Gasteiger charge is -2.28. The smallest absolute Gasteiger partial charge is 0.342 e. The zero-order valence-electron chi connectivity index (χ0n) is 16.6. The van der Waals surface area contributed by atoms with Crippen LogP contribution in [0.1, 0.15) is 5.89 Å². The van der Waals surface area contributed by atoms with Crippen LogP contribution >= 0.6 is 0 Å². The van der Waals surface area contributed by atoms with E-state index in [2.05, 4.69) is 14.5 Å². The second-order valence-electron chi connectivity index (χ2n) is 6.47. The van der Waals surface area contributed by atoms with E-state index in [1.807, 2.05) is 0 Å². The fourth-order valence-corrected chi connectivity index (χ4v) is 3.97. The van der Waals surface area contributed by atoms with Crippen LogP contribution in [0.4, 0.5) is 0 Å². The quantitative estimate of drug-likeness (QED) is 0.598. The number of sulfonamides is 1. The topological polar surface area (TPSA) is 133 Å². The summed E-state index contributed by atoms with van der Waals surface area (Å²) in [5.74, 6) is 0.555. The number of carbonyl (C=O) groups excluding carboxylic acids is 1. The number of fused-ring (bicyclic) bond motifs is 1. The van der Waals surface area contributed by atoms with Crippen LogP contribution in [0.3, 0.4) is 0 Å². The molecular formula is C19H18N4O7S. The molecule has 0 saturated carbocycles. The Bertz CT molecular complexity index is 1210. The third-order valence-corrected chi connectivity index (χ3v) is 5.67. The van der Waals surface area contributed by atoms with Crippen molar-refractivity contribution in [2.24, 2.45) is 4.40 Å². The molecule has 3 heterocycles. The Morgan fingerprint density at radius 2 is 2.10 bits per heavy atom. The van der Waals surface area contributed by atoms with E-state index in [0.717, 1.165) is 0 Å². The van der Waals surface area contributed by atoms with Crippen molar-refractivity contribution in [3.8, 4) is 22.9 Å². The van der Waals surface area contributed by atoms with Crippen LogP contribution in [-0.4, -0.2) is 61.8 Å². The first-order chi connectivity index (χ1) is 14.9. The third kappa shape index (κ3) is 4.28. The maximum absolute atomic E-state index is 12.5. The molecule has 31 heavy (non-hydrogen) atoms. The molecule has 0 fully saturated rings. The first-order valence-electron chi connectivity index (χ1n) is 9.10.